The first-order chi connectivity index (χ1) is 8.99. The molecule has 1 fully saturated rings. The second-order valence-corrected chi connectivity index (χ2v) is 5.72. The Morgan fingerprint density at radius 3 is 2.53 bits per heavy atom. The van der Waals surface area contributed by atoms with Gasteiger partial charge < -0.3 is 20.4 Å². The highest BCUT2D eigenvalue weighted by molar-refractivity contribution is 6.31. The van der Waals surface area contributed by atoms with Crippen LogP contribution in [0.5, 0.6) is 0 Å². The van der Waals surface area contributed by atoms with Gasteiger partial charge in [0, 0.05) is 41.9 Å². The van der Waals surface area contributed by atoms with E-state index in [0.29, 0.717) is 30.7 Å². The number of β-amino-alcohol motifs (C(OH)–C–C–N with tert-alkyl or cyclic N) is 2. The molecule has 1 aromatic rings. The van der Waals surface area contributed by atoms with Crippen LogP contribution < -0.4 is 10.2 Å². The molecule has 0 saturated carbocycles. The van der Waals surface area contributed by atoms with Gasteiger partial charge in [-0.1, -0.05) is 31.5 Å². The number of nitrogens with zero attached hydrogens (tertiary/aromatic N) is 1. The van der Waals surface area contributed by atoms with Crippen LogP contribution in [0.25, 0.3) is 0 Å². The zero-order valence-electron chi connectivity index (χ0n) is 11.3. The average molecular weight is 285 g/mol. The summed E-state index contributed by atoms with van der Waals surface area (Å²) in [6, 6.07) is 6.12. The average Bonchev–Trinajstić information content (AvgIpc) is 2.67. The Balaban J connectivity index is 2.22. The van der Waals surface area contributed by atoms with Crippen LogP contribution >= 0.6 is 11.6 Å². The lowest BCUT2D eigenvalue weighted by Gasteiger charge is -2.23. The Kier molecular flexibility index (Phi) is 4.68. The van der Waals surface area contributed by atoms with Gasteiger partial charge in [-0.3, -0.25) is 0 Å². The van der Waals surface area contributed by atoms with E-state index in [1.54, 1.807) is 0 Å². The topological polar surface area (TPSA) is 55.7 Å². The van der Waals surface area contributed by atoms with Crippen molar-refractivity contribution in [2.45, 2.75) is 38.6 Å². The van der Waals surface area contributed by atoms with Crippen LogP contribution in [0.2, 0.25) is 5.02 Å². The molecular formula is C14H21ClN2O2. The van der Waals surface area contributed by atoms with Gasteiger partial charge in [0.2, 0.25) is 0 Å². The standard InChI is InChI=1S/C14H21ClN2O2/c1-9(2)16-6-10-11(15)4-3-5-12(10)17-7-13(18)14(19)8-17/h3-5,9,13-14,16,18-19H,6-8H2,1-2H3. The van der Waals surface area contributed by atoms with Crippen LogP contribution in [-0.2, 0) is 6.54 Å². The van der Waals surface area contributed by atoms with E-state index in [4.69, 9.17) is 11.6 Å². The van der Waals surface area contributed by atoms with E-state index in [0.717, 1.165) is 11.3 Å². The van der Waals surface area contributed by atoms with Crippen LogP contribution in [0.3, 0.4) is 0 Å². The molecule has 3 N–H and O–H groups in total. The van der Waals surface area contributed by atoms with Crippen molar-refractivity contribution in [3.63, 3.8) is 0 Å². The number of nitrogens with one attached hydrogen (secondary N) is 1. The summed E-state index contributed by atoms with van der Waals surface area (Å²) in [5, 5.41) is 23.4. The highest BCUT2D eigenvalue weighted by Crippen LogP contribution is 2.30. The maximum atomic E-state index is 9.67. The molecule has 0 aliphatic carbocycles. The van der Waals surface area contributed by atoms with Crippen LogP contribution in [0, 0.1) is 0 Å². The molecule has 0 bridgehead atoms. The molecule has 1 aliphatic rings. The first-order valence-electron chi connectivity index (χ1n) is 6.61. The van der Waals surface area contributed by atoms with Gasteiger partial charge in [-0.25, -0.2) is 0 Å². The Labute approximate surface area is 119 Å². The van der Waals surface area contributed by atoms with Gasteiger partial charge in [-0.2, -0.15) is 0 Å². The Morgan fingerprint density at radius 2 is 1.95 bits per heavy atom. The van der Waals surface area contributed by atoms with Gasteiger partial charge in [-0.15, -0.1) is 0 Å². The smallest absolute Gasteiger partial charge is 0.0990 e. The minimum atomic E-state index is -0.690. The molecular weight excluding hydrogens is 264 g/mol. The first-order valence-corrected chi connectivity index (χ1v) is 6.98. The van der Waals surface area contributed by atoms with E-state index >= 15 is 0 Å². The molecule has 0 spiro atoms. The maximum absolute atomic E-state index is 9.67. The number of aliphatic hydroxyl groups excluding tert-OH is 2. The second-order valence-electron chi connectivity index (χ2n) is 5.31. The van der Waals surface area contributed by atoms with Crippen molar-refractivity contribution in [1.29, 1.82) is 0 Å². The number of hydrogen-bond acceptors (Lipinski definition) is 4. The summed E-state index contributed by atoms with van der Waals surface area (Å²) in [5.41, 5.74) is 2.00. The number of hydrogen-bond donors (Lipinski definition) is 3. The Hall–Kier alpha value is -0.810. The number of rotatable bonds is 4. The lowest BCUT2D eigenvalue weighted by Crippen LogP contribution is -2.26. The molecule has 2 rings (SSSR count). The van der Waals surface area contributed by atoms with E-state index in [1.807, 2.05) is 23.1 Å². The third-order valence-electron chi connectivity index (χ3n) is 3.38. The van der Waals surface area contributed by atoms with Gasteiger partial charge in [0.15, 0.2) is 0 Å². The predicted molar refractivity (Wildman–Crippen MR) is 77.7 cm³/mol. The molecule has 19 heavy (non-hydrogen) atoms. The zero-order valence-corrected chi connectivity index (χ0v) is 12.1. The van der Waals surface area contributed by atoms with E-state index in [2.05, 4.69) is 19.2 Å². The normalized spacial score (nSPS) is 23.4. The molecule has 1 aromatic carbocycles. The monoisotopic (exact) mass is 284 g/mol. The summed E-state index contributed by atoms with van der Waals surface area (Å²) in [4.78, 5) is 1.98. The highest BCUT2D eigenvalue weighted by Gasteiger charge is 2.30. The summed E-state index contributed by atoms with van der Waals surface area (Å²) in [7, 11) is 0. The van der Waals surface area contributed by atoms with E-state index in [1.165, 1.54) is 0 Å². The fourth-order valence-corrected chi connectivity index (χ4v) is 2.53. The van der Waals surface area contributed by atoms with Crippen LogP contribution in [0.15, 0.2) is 18.2 Å². The van der Waals surface area contributed by atoms with Gasteiger partial charge in [0.1, 0.15) is 0 Å². The van der Waals surface area contributed by atoms with Gasteiger partial charge in [-0.05, 0) is 12.1 Å². The van der Waals surface area contributed by atoms with Crippen molar-refractivity contribution in [3.8, 4) is 0 Å². The molecule has 0 amide bonds. The summed E-state index contributed by atoms with van der Waals surface area (Å²) in [5.74, 6) is 0. The number of halogens is 1. The highest BCUT2D eigenvalue weighted by atomic mass is 35.5. The fraction of sp³-hybridized carbons (Fsp3) is 0.571. The van der Waals surface area contributed by atoms with Crippen molar-refractivity contribution in [2.75, 3.05) is 18.0 Å². The molecule has 1 aliphatic heterocycles. The Bertz CT molecular complexity index is 429. The Morgan fingerprint density at radius 1 is 1.32 bits per heavy atom. The van der Waals surface area contributed by atoms with Crippen molar-refractivity contribution in [1.82, 2.24) is 5.32 Å². The summed E-state index contributed by atoms with van der Waals surface area (Å²) in [6.45, 7) is 5.72. The van der Waals surface area contributed by atoms with Crippen molar-refractivity contribution in [2.24, 2.45) is 0 Å². The quantitative estimate of drug-likeness (QED) is 0.782. The number of benzene rings is 1. The lowest BCUT2D eigenvalue weighted by molar-refractivity contribution is 0.0572. The van der Waals surface area contributed by atoms with Gasteiger partial charge in [0.25, 0.3) is 0 Å². The minimum absolute atomic E-state index is 0.374. The van der Waals surface area contributed by atoms with Crippen molar-refractivity contribution in [3.05, 3.63) is 28.8 Å². The fourth-order valence-electron chi connectivity index (χ4n) is 2.29. The first kappa shape index (κ1) is 14.6. The zero-order chi connectivity index (χ0) is 14.0. The van der Waals surface area contributed by atoms with Crippen molar-refractivity contribution < 1.29 is 10.2 Å². The van der Waals surface area contributed by atoms with E-state index in [9.17, 15) is 10.2 Å². The van der Waals surface area contributed by atoms with E-state index in [-0.39, 0.29) is 0 Å². The molecule has 0 aromatic heterocycles. The SMILES string of the molecule is CC(C)NCc1c(Cl)cccc1N1CC(O)C(O)C1. The summed E-state index contributed by atoms with van der Waals surface area (Å²) >= 11 is 6.27. The van der Waals surface area contributed by atoms with E-state index < -0.39 is 12.2 Å². The molecule has 4 nitrogen and oxygen atoms in total. The third kappa shape index (κ3) is 3.39. The van der Waals surface area contributed by atoms with Crippen molar-refractivity contribution >= 4 is 17.3 Å². The molecule has 1 saturated heterocycles. The van der Waals surface area contributed by atoms with Crippen LogP contribution in [0.4, 0.5) is 5.69 Å². The maximum Gasteiger partial charge on any atom is 0.0990 e. The lowest BCUT2D eigenvalue weighted by atomic mass is 10.1. The predicted octanol–water partition coefficient (Wildman–Crippen LogP) is 1.38. The molecule has 5 heteroatoms. The second kappa shape index (κ2) is 6.09. The number of anilines is 1. The molecule has 2 unspecified atom stereocenters. The summed E-state index contributed by atoms with van der Waals surface area (Å²) in [6.07, 6.45) is -1.38. The minimum Gasteiger partial charge on any atom is -0.389 e. The molecule has 0 radical (unpaired) electrons. The van der Waals surface area contributed by atoms with Crippen LogP contribution in [0.1, 0.15) is 19.4 Å². The molecule has 1 heterocycles. The number of aliphatic hydroxyl groups is 2. The largest absolute Gasteiger partial charge is 0.389 e. The third-order valence-corrected chi connectivity index (χ3v) is 3.74. The summed E-state index contributed by atoms with van der Waals surface area (Å²) < 4.78 is 0. The van der Waals surface area contributed by atoms with Gasteiger partial charge in [0.05, 0.1) is 12.2 Å². The molecule has 2 atom stereocenters. The van der Waals surface area contributed by atoms with Crippen LogP contribution in [-0.4, -0.2) is 41.6 Å². The molecule has 106 valence electrons. The van der Waals surface area contributed by atoms with Gasteiger partial charge >= 0.3 is 0 Å².